The standard InChI is InChI=1S/C22H22N4O6S2/c1-13(27)25-10-8-15-16(12-25)34-19(18(15)21(29)31-2)23-17(28)9-11-33-20-22(30)32-24-26(20)14-6-4-3-5-7-14/h3-7H,8-12H2,1-2H3,(H-,23,24,28,29,30)/p+1. The summed E-state index contributed by atoms with van der Waals surface area (Å²) in [5.74, 6) is -0.542. The lowest BCUT2D eigenvalue weighted by molar-refractivity contribution is -0.704. The van der Waals surface area contributed by atoms with Gasteiger partial charge in [-0.05, 0) is 33.7 Å². The molecule has 1 aromatic carbocycles. The number of ether oxygens (including phenoxy) is 1. The number of carbonyl (C=O) groups is 3. The maximum Gasteiger partial charge on any atom is 0.442 e. The van der Waals surface area contributed by atoms with Crippen LogP contribution in [0.15, 0.2) is 44.7 Å². The van der Waals surface area contributed by atoms with Gasteiger partial charge in [0.15, 0.2) is 0 Å². The number of rotatable bonds is 7. The lowest BCUT2D eigenvalue weighted by Gasteiger charge is -2.25. The maximum absolute atomic E-state index is 12.7. The molecule has 0 radical (unpaired) electrons. The molecule has 0 bridgehead atoms. The minimum Gasteiger partial charge on any atom is -0.465 e. The summed E-state index contributed by atoms with van der Waals surface area (Å²) >= 11 is 2.47. The van der Waals surface area contributed by atoms with Crippen LogP contribution in [0.25, 0.3) is 5.69 Å². The Morgan fingerprint density at radius 3 is 2.76 bits per heavy atom. The zero-order valence-corrected chi connectivity index (χ0v) is 20.2. The molecule has 3 aromatic rings. The van der Waals surface area contributed by atoms with E-state index in [4.69, 9.17) is 9.26 Å². The Balaban J connectivity index is 1.44. The molecule has 1 aliphatic heterocycles. The zero-order chi connectivity index (χ0) is 24.2. The van der Waals surface area contributed by atoms with Gasteiger partial charge in [0.25, 0.3) is 0 Å². The number of nitrogens with zero attached hydrogens (tertiary/aromatic N) is 2. The fraction of sp³-hybridized carbons (Fsp3) is 0.318. The molecule has 178 valence electrons. The van der Waals surface area contributed by atoms with Crippen molar-refractivity contribution in [3.05, 3.63) is 56.8 Å². The highest BCUT2D eigenvalue weighted by Gasteiger charge is 2.30. The average molecular weight is 504 g/mol. The molecule has 4 rings (SSSR count). The van der Waals surface area contributed by atoms with Gasteiger partial charge >= 0.3 is 16.6 Å². The number of fused-ring (bicyclic) bond motifs is 1. The van der Waals surface area contributed by atoms with Gasteiger partial charge in [0.05, 0.1) is 19.2 Å². The van der Waals surface area contributed by atoms with Crippen molar-refractivity contribution in [2.45, 2.75) is 31.3 Å². The van der Waals surface area contributed by atoms with Crippen LogP contribution in [-0.2, 0) is 27.3 Å². The van der Waals surface area contributed by atoms with Gasteiger partial charge in [0.2, 0.25) is 17.5 Å². The van der Waals surface area contributed by atoms with Crippen molar-refractivity contribution in [2.75, 3.05) is 24.7 Å². The number of thioether (sulfide) groups is 1. The molecule has 0 fully saturated rings. The summed E-state index contributed by atoms with van der Waals surface area (Å²) in [5.41, 5.74) is 1.36. The van der Waals surface area contributed by atoms with Gasteiger partial charge in [-0.3, -0.25) is 14.1 Å². The third-order valence-corrected chi connectivity index (χ3v) is 7.50. The summed E-state index contributed by atoms with van der Waals surface area (Å²) < 4.78 is 11.4. The number of H-pyrrole nitrogens is 1. The first-order valence-electron chi connectivity index (χ1n) is 10.5. The largest absolute Gasteiger partial charge is 0.465 e. The number of nitrogens with one attached hydrogen (secondary N) is 2. The Bertz CT molecular complexity index is 1280. The van der Waals surface area contributed by atoms with Crippen molar-refractivity contribution < 1.29 is 28.3 Å². The smallest absolute Gasteiger partial charge is 0.442 e. The molecule has 10 nitrogen and oxygen atoms in total. The van der Waals surface area contributed by atoms with Crippen molar-refractivity contribution in [3.63, 3.8) is 0 Å². The predicted molar refractivity (Wildman–Crippen MR) is 125 cm³/mol. The maximum atomic E-state index is 12.7. The van der Waals surface area contributed by atoms with Crippen LogP contribution in [0.2, 0.25) is 0 Å². The zero-order valence-electron chi connectivity index (χ0n) is 18.6. The second-order valence-electron chi connectivity index (χ2n) is 7.49. The highest BCUT2D eigenvalue weighted by atomic mass is 32.2. The first-order valence-corrected chi connectivity index (χ1v) is 12.3. The number of anilines is 1. The van der Waals surface area contributed by atoms with Gasteiger partial charge in [0.1, 0.15) is 5.00 Å². The molecule has 2 aromatic heterocycles. The van der Waals surface area contributed by atoms with Crippen molar-refractivity contribution >= 4 is 45.9 Å². The number of thiophene rings is 1. The number of aromatic amines is 1. The molecule has 0 aliphatic carbocycles. The van der Waals surface area contributed by atoms with Crippen molar-refractivity contribution in [1.82, 2.24) is 10.2 Å². The van der Waals surface area contributed by atoms with Gasteiger partial charge in [-0.1, -0.05) is 18.2 Å². The minimum absolute atomic E-state index is 0.0387. The third-order valence-electron chi connectivity index (χ3n) is 5.33. The Hall–Kier alpha value is -3.38. The number of para-hydroxylation sites is 1. The van der Waals surface area contributed by atoms with Crippen LogP contribution in [0.1, 0.15) is 34.1 Å². The van der Waals surface area contributed by atoms with E-state index >= 15 is 0 Å². The van der Waals surface area contributed by atoms with E-state index in [9.17, 15) is 19.2 Å². The summed E-state index contributed by atoms with van der Waals surface area (Å²) in [6.45, 7) is 2.41. The topological polar surface area (TPSA) is 126 Å². The SMILES string of the molecule is COC(=O)c1c(NC(=O)CCSc2c(=O)o[nH][n+]2-c2ccccc2)sc2c1CCN(C(C)=O)C2. The number of amides is 2. The number of aromatic nitrogens is 2. The number of hydrogen-bond acceptors (Lipinski definition) is 8. The van der Waals surface area contributed by atoms with Crippen LogP contribution in [0.4, 0.5) is 5.00 Å². The fourth-order valence-corrected chi connectivity index (χ4v) is 5.82. The number of methoxy groups -OCH3 is 1. The first-order chi connectivity index (χ1) is 16.4. The fourth-order valence-electron chi connectivity index (χ4n) is 3.64. The van der Waals surface area contributed by atoms with E-state index in [0.29, 0.717) is 40.9 Å². The summed E-state index contributed by atoms with van der Waals surface area (Å²) in [4.78, 5) is 51.5. The normalized spacial score (nSPS) is 12.8. The molecule has 2 N–H and O–H groups in total. The Morgan fingerprint density at radius 1 is 1.29 bits per heavy atom. The summed E-state index contributed by atoms with van der Waals surface area (Å²) in [6, 6.07) is 9.18. The molecular formula is C22H23N4O6S2+. The van der Waals surface area contributed by atoms with Gasteiger partial charge in [-0.2, -0.15) is 0 Å². The second-order valence-corrected chi connectivity index (χ2v) is 9.68. The summed E-state index contributed by atoms with van der Waals surface area (Å²) in [6.07, 6.45) is 0.622. The molecular weight excluding hydrogens is 480 g/mol. The van der Waals surface area contributed by atoms with Crippen molar-refractivity contribution in [1.29, 1.82) is 0 Å². The Morgan fingerprint density at radius 2 is 2.06 bits per heavy atom. The van der Waals surface area contributed by atoms with Crippen LogP contribution in [0, 0.1) is 0 Å². The number of esters is 1. The van der Waals surface area contributed by atoms with E-state index in [1.807, 2.05) is 30.3 Å². The monoisotopic (exact) mass is 503 g/mol. The first kappa shape index (κ1) is 23.8. The molecule has 0 saturated heterocycles. The van der Waals surface area contributed by atoms with Crippen molar-refractivity contribution in [2.24, 2.45) is 0 Å². The van der Waals surface area contributed by atoms with Crippen LogP contribution in [0.3, 0.4) is 0 Å². The minimum atomic E-state index is -0.525. The van der Waals surface area contributed by atoms with Gasteiger partial charge in [-0.15, -0.1) is 11.3 Å². The molecule has 0 saturated carbocycles. The average Bonchev–Trinajstić information content (AvgIpc) is 3.38. The third kappa shape index (κ3) is 4.92. The van der Waals surface area contributed by atoms with E-state index < -0.39 is 11.6 Å². The highest BCUT2D eigenvalue weighted by molar-refractivity contribution is 7.99. The molecule has 0 unspecified atom stereocenters. The van der Waals surface area contributed by atoms with E-state index in [-0.39, 0.29) is 18.2 Å². The van der Waals surface area contributed by atoms with Crippen LogP contribution in [0.5, 0.6) is 0 Å². The lowest BCUT2D eigenvalue weighted by atomic mass is 10.0. The van der Waals surface area contributed by atoms with Crippen LogP contribution < -0.4 is 15.6 Å². The van der Waals surface area contributed by atoms with E-state index in [1.165, 1.54) is 41.8 Å². The summed E-state index contributed by atoms with van der Waals surface area (Å²) in [7, 11) is 1.30. The molecule has 3 heterocycles. The molecule has 1 aliphatic rings. The number of hydrogen-bond donors (Lipinski definition) is 2. The van der Waals surface area contributed by atoms with Gasteiger partial charge in [0, 0.05) is 42.7 Å². The van der Waals surface area contributed by atoms with E-state index in [0.717, 1.165) is 16.1 Å². The predicted octanol–water partition coefficient (Wildman–Crippen LogP) is 2.12. The van der Waals surface area contributed by atoms with Gasteiger partial charge in [-0.25, -0.2) is 9.59 Å². The van der Waals surface area contributed by atoms with E-state index in [2.05, 4.69) is 10.6 Å². The highest BCUT2D eigenvalue weighted by Crippen LogP contribution is 2.37. The summed E-state index contributed by atoms with van der Waals surface area (Å²) in [5, 5.41) is 6.12. The Kier molecular flexibility index (Phi) is 7.17. The molecule has 0 spiro atoms. The van der Waals surface area contributed by atoms with Crippen LogP contribution >= 0.6 is 23.1 Å². The van der Waals surface area contributed by atoms with E-state index in [1.54, 1.807) is 4.90 Å². The van der Waals surface area contributed by atoms with Crippen molar-refractivity contribution in [3.8, 4) is 5.69 Å². The molecule has 34 heavy (non-hydrogen) atoms. The molecule has 12 heteroatoms. The van der Waals surface area contributed by atoms with Crippen LogP contribution in [-0.4, -0.2) is 47.4 Å². The Labute approximate surface area is 202 Å². The molecule has 2 amide bonds. The van der Waals surface area contributed by atoms with Gasteiger partial charge < -0.3 is 15.0 Å². The number of benzene rings is 1. The lowest BCUT2D eigenvalue weighted by Crippen LogP contribution is -2.36. The second kappa shape index (κ2) is 10.3. The number of carbonyl (C=O) groups excluding carboxylic acids is 3. The quantitative estimate of drug-likeness (QED) is 0.287. The molecule has 0 atom stereocenters.